The molecule has 7 heteroatoms. The van der Waals surface area contributed by atoms with Crippen LogP contribution in [0.5, 0.6) is 0 Å². The zero-order chi connectivity index (χ0) is 17.2. The number of alkyl halides is 3. The summed E-state index contributed by atoms with van der Waals surface area (Å²) in [6.45, 7) is 0.765. The molecule has 1 saturated carbocycles. The number of carbonyl (C=O) groups excluding carboxylic acids is 2. The van der Waals surface area contributed by atoms with Gasteiger partial charge in [0.15, 0.2) is 0 Å². The van der Waals surface area contributed by atoms with Crippen LogP contribution in [0.4, 0.5) is 18.9 Å². The number of piperidine rings is 2. The van der Waals surface area contributed by atoms with Crippen LogP contribution in [0, 0.1) is 17.8 Å². The van der Waals surface area contributed by atoms with Gasteiger partial charge in [0, 0.05) is 12.6 Å². The summed E-state index contributed by atoms with van der Waals surface area (Å²) in [6.07, 6.45) is -2.75. The number of imide groups is 1. The number of hydrogen-bond donors (Lipinski definition) is 0. The largest absolute Gasteiger partial charge is 0.416 e. The summed E-state index contributed by atoms with van der Waals surface area (Å²) < 4.78 is 38.8. The van der Waals surface area contributed by atoms with Gasteiger partial charge in [-0.25, -0.2) is 4.90 Å². The van der Waals surface area contributed by atoms with Crippen LogP contribution in [-0.2, 0) is 15.8 Å². The Kier molecular flexibility index (Phi) is 3.29. The lowest BCUT2D eigenvalue weighted by molar-refractivity contribution is -0.137. The first-order valence-electron chi connectivity index (χ1n) is 8.04. The highest BCUT2D eigenvalue weighted by molar-refractivity contribution is 6.22. The minimum atomic E-state index is -4.51. The van der Waals surface area contributed by atoms with E-state index < -0.39 is 17.7 Å². The fraction of sp³-hybridized carbons (Fsp3) is 0.529. The zero-order valence-corrected chi connectivity index (χ0v) is 13.1. The van der Waals surface area contributed by atoms with Crippen LogP contribution in [0.25, 0.3) is 0 Å². The van der Waals surface area contributed by atoms with E-state index in [1.54, 1.807) is 0 Å². The molecule has 128 valence electrons. The number of anilines is 1. The molecule has 3 heterocycles. The number of nitrogens with zero attached hydrogens (tertiary/aromatic N) is 2. The molecule has 2 amide bonds. The van der Waals surface area contributed by atoms with Crippen molar-refractivity contribution in [2.24, 2.45) is 17.8 Å². The third-order valence-corrected chi connectivity index (χ3v) is 5.67. The minimum absolute atomic E-state index is 0.00671. The monoisotopic (exact) mass is 338 g/mol. The lowest BCUT2D eigenvalue weighted by atomic mass is 9.66. The molecule has 0 radical (unpaired) electrons. The summed E-state index contributed by atoms with van der Waals surface area (Å²) in [6, 6.07) is 4.47. The van der Waals surface area contributed by atoms with Crippen LogP contribution in [-0.4, -0.2) is 36.3 Å². The van der Waals surface area contributed by atoms with Gasteiger partial charge in [-0.05, 0) is 44.0 Å². The molecule has 4 nitrogen and oxygen atoms in total. The van der Waals surface area contributed by atoms with Crippen molar-refractivity contribution in [3.63, 3.8) is 0 Å². The molecule has 24 heavy (non-hydrogen) atoms. The summed E-state index contributed by atoms with van der Waals surface area (Å²) in [4.78, 5) is 28.7. The smallest absolute Gasteiger partial charge is 0.302 e. The third-order valence-electron chi connectivity index (χ3n) is 5.67. The lowest BCUT2D eigenvalue weighted by Gasteiger charge is -2.48. The maximum Gasteiger partial charge on any atom is 0.416 e. The molecule has 1 aliphatic carbocycles. The molecule has 4 fully saturated rings. The number of fused-ring (bicyclic) bond motifs is 2. The van der Waals surface area contributed by atoms with Gasteiger partial charge in [0.1, 0.15) is 0 Å². The van der Waals surface area contributed by atoms with Crippen molar-refractivity contribution in [1.82, 2.24) is 4.90 Å². The highest BCUT2D eigenvalue weighted by atomic mass is 19.4. The summed E-state index contributed by atoms with van der Waals surface area (Å²) in [7, 11) is 1.94. The Balaban J connectivity index is 1.73. The van der Waals surface area contributed by atoms with Crippen LogP contribution < -0.4 is 4.90 Å². The van der Waals surface area contributed by atoms with Gasteiger partial charge >= 0.3 is 6.18 Å². The minimum Gasteiger partial charge on any atom is -0.302 e. The summed E-state index contributed by atoms with van der Waals surface area (Å²) in [5.41, 5.74) is -0.827. The van der Waals surface area contributed by atoms with E-state index in [1.807, 2.05) is 7.05 Å². The SMILES string of the molecule is CN1C[C@@H]2CC[C@H]1[C@@H]1C(=O)N(c3cccc(C(F)(F)F)c3)C(=O)[C@H]21. The molecule has 3 saturated heterocycles. The average molecular weight is 338 g/mol. The standard InChI is InChI=1S/C17H17F3N2O2/c1-21-8-9-5-6-12(21)14-13(9)15(23)22(16(14)24)11-4-2-3-10(7-11)17(18,19)20/h2-4,7,9,12-14H,5-6,8H2,1H3/t9-,12-,13+,14-/m0/s1. The summed E-state index contributed by atoms with van der Waals surface area (Å²) >= 11 is 0. The Labute approximate surface area is 137 Å². The van der Waals surface area contributed by atoms with Crippen molar-refractivity contribution >= 4 is 17.5 Å². The van der Waals surface area contributed by atoms with Gasteiger partial charge in [0.05, 0.1) is 23.1 Å². The van der Waals surface area contributed by atoms with E-state index in [-0.39, 0.29) is 35.4 Å². The first-order chi connectivity index (χ1) is 11.3. The Hall–Kier alpha value is -1.89. The molecular formula is C17H17F3N2O2. The first kappa shape index (κ1) is 15.6. The third kappa shape index (κ3) is 2.10. The van der Waals surface area contributed by atoms with E-state index >= 15 is 0 Å². The predicted molar refractivity (Wildman–Crippen MR) is 80.1 cm³/mol. The Morgan fingerprint density at radius 3 is 2.46 bits per heavy atom. The fourth-order valence-corrected chi connectivity index (χ4v) is 4.64. The van der Waals surface area contributed by atoms with E-state index in [9.17, 15) is 22.8 Å². The van der Waals surface area contributed by atoms with Gasteiger partial charge in [-0.1, -0.05) is 6.07 Å². The van der Waals surface area contributed by atoms with Gasteiger partial charge in [-0.15, -0.1) is 0 Å². The van der Waals surface area contributed by atoms with E-state index in [0.717, 1.165) is 36.4 Å². The maximum absolute atomic E-state index is 12.9. The first-order valence-corrected chi connectivity index (χ1v) is 8.04. The number of halogens is 3. The van der Waals surface area contributed by atoms with Crippen molar-refractivity contribution in [2.75, 3.05) is 18.5 Å². The highest BCUT2D eigenvalue weighted by Crippen LogP contribution is 2.49. The molecular weight excluding hydrogens is 321 g/mol. The van der Waals surface area contributed by atoms with Gasteiger partial charge in [0.2, 0.25) is 11.8 Å². The molecule has 0 unspecified atom stereocenters. The normalized spacial score (nSPS) is 33.2. The molecule has 3 aliphatic heterocycles. The van der Waals surface area contributed by atoms with Crippen LogP contribution in [0.2, 0.25) is 0 Å². The Morgan fingerprint density at radius 2 is 1.79 bits per heavy atom. The number of benzene rings is 1. The van der Waals surface area contributed by atoms with Crippen molar-refractivity contribution in [3.05, 3.63) is 29.8 Å². The van der Waals surface area contributed by atoms with E-state index in [0.29, 0.717) is 0 Å². The number of rotatable bonds is 1. The van der Waals surface area contributed by atoms with Gasteiger partial charge in [0.25, 0.3) is 0 Å². The molecule has 0 spiro atoms. The van der Waals surface area contributed by atoms with Crippen molar-refractivity contribution in [3.8, 4) is 0 Å². The molecule has 5 rings (SSSR count). The van der Waals surface area contributed by atoms with Crippen LogP contribution in [0.15, 0.2) is 24.3 Å². The van der Waals surface area contributed by atoms with Gasteiger partial charge < -0.3 is 4.90 Å². The average Bonchev–Trinajstić information content (AvgIpc) is 2.80. The van der Waals surface area contributed by atoms with E-state index in [1.165, 1.54) is 12.1 Å². The summed E-state index contributed by atoms with van der Waals surface area (Å²) in [5.74, 6) is -1.40. The molecule has 1 aromatic rings. The lowest BCUT2D eigenvalue weighted by Crippen LogP contribution is -2.56. The maximum atomic E-state index is 12.9. The highest BCUT2D eigenvalue weighted by Gasteiger charge is 2.60. The molecule has 0 aromatic heterocycles. The Bertz CT molecular complexity index is 718. The van der Waals surface area contributed by atoms with Crippen molar-refractivity contribution in [1.29, 1.82) is 0 Å². The van der Waals surface area contributed by atoms with Gasteiger partial charge in [-0.3, -0.25) is 9.59 Å². The van der Waals surface area contributed by atoms with Crippen LogP contribution in [0.3, 0.4) is 0 Å². The van der Waals surface area contributed by atoms with Crippen LogP contribution >= 0.6 is 0 Å². The second-order valence-electron chi connectivity index (χ2n) is 6.96. The van der Waals surface area contributed by atoms with Crippen molar-refractivity contribution < 1.29 is 22.8 Å². The summed E-state index contributed by atoms with van der Waals surface area (Å²) in [5, 5.41) is 0. The quantitative estimate of drug-likeness (QED) is 0.739. The molecule has 2 bridgehead atoms. The molecule has 1 aromatic carbocycles. The molecule has 4 atom stereocenters. The zero-order valence-electron chi connectivity index (χ0n) is 13.1. The van der Waals surface area contributed by atoms with Crippen LogP contribution in [0.1, 0.15) is 18.4 Å². The number of amides is 2. The second kappa shape index (κ2) is 5.05. The number of carbonyl (C=O) groups is 2. The van der Waals surface area contributed by atoms with E-state index in [2.05, 4.69) is 4.90 Å². The Morgan fingerprint density at radius 1 is 1.08 bits per heavy atom. The topological polar surface area (TPSA) is 40.6 Å². The fourth-order valence-electron chi connectivity index (χ4n) is 4.64. The van der Waals surface area contributed by atoms with E-state index in [4.69, 9.17) is 0 Å². The number of hydrogen-bond acceptors (Lipinski definition) is 3. The molecule has 0 N–H and O–H groups in total. The van der Waals surface area contributed by atoms with Crippen molar-refractivity contribution in [2.45, 2.75) is 25.1 Å². The van der Waals surface area contributed by atoms with Gasteiger partial charge in [-0.2, -0.15) is 13.2 Å². The second-order valence-corrected chi connectivity index (χ2v) is 6.96. The predicted octanol–water partition coefficient (Wildman–Crippen LogP) is 2.54. The molecule has 4 aliphatic rings.